The third kappa shape index (κ3) is 5.86. The SMILES string of the molecule is CC(=O)O[C@@H]1[C@@H](OC(C)=O)[C@H](C)O[C@H](N2C(=O)/C(=C/C(=O)c3ccc(Cl)cc3)c3ccccc32)[C@@H]1OC(C)=O. The number of amides is 1. The Bertz CT molecular complexity index is 1350. The van der Waals surface area contributed by atoms with Gasteiger partial charge in [-0.05, 0) is 43.3 Å². The molecule has 1 fully saturated rings. The number of anilines is 1. The van der Waals surface area contributed by atoms with Crippen LogP contribution in [0.3, 0.4) is 0 Å². The van der Waals surface area contributed by atoms with Crippen molar-refractivity contribution in [3.05, 3.63) is 70.8 Å². The highest BCUT2D eigenvalue weighted by Gasteiger charge is 2.55. The van der Waals surface area contributed by atoms with Gasteiger partial charge in [-0.1, -0.05) is 29.8 Å². The standard InChI is InChI=1S/C28H26ClNO9/c1-14-24(37-15(2)31)25(38-16(3)32)26(39-17(4)33)28(36-14)30-22-8-6-5-7-20(22)21(27(30)35)13-23(34)18-9-11-19(29)12-10-18/h5-14,24-26,28H,1-4H3/b21-13+/t14-,24-,25+,26+,28-/m0/s1. The van der Waals surface area contributed by atoms with Crippen LogP contribution in [0.2, 0.25) is 5.02 Å². The Hall–Kier alpha value is -4.02. The van der Waals surface area contributed by atoms with Crippen LogP contribution in [-0.4, -0.2) is 60.2 Å². The number of ketones is 1. The first kappa shape index (κ1) is 28.0. The molecule has 0 spiro atoms. The van der Waals surface area contributed by atoms with Crippen molar-refractivity contribution < 1.29 is 42.9 Å². The van der Waals surface area contributed by atoms with Crippen LogP contribution in [0.1, 0.15) is 43.6 Å². The first-order valence-corrected chi connectivity index (χ1v) is 12.5. The first-order chi connectivity index (χ1) is 18.5. The van der Waals surface area contributed by atoms with Gasteiger partial charge in [0.2, 0.25) is 0 Å². The van der Waals surface area contributed by atoms with E-state index in [9.17, 15) is 24.0 Å². The number of carbonyl (C=O) groups excluding carboxylic acids is 5. The molecular weight excluding hydrogens is 530 g/mol. The van der Waals surface area contributed by atoms with Gasteiger partial charge in [-0.25, -0.2) is 0 Å². The Morgan fingerprint density at radius 3 is 2.03 bits per heavy atom. The zero-order chi connectivity index (χ0) is 28.4. The number of allylic oxidation sites excluding steroid dienone is 1. The number of rotatable bonds is 6. The van der Waals surface area contributed by atoms with E-state index in [4.69, 9.17) is 30.5 Å². The summed E-state index contributed by atoms with van der Waals surface area (Å²) in [6.07, 6.45) is -4.71. The Morgan fingerprint density at radius 1 is 0.846 bits per heavy atom. The van der Waals surface area contributed by atoms with Gasteiger partial charge in [0.15, 0.2) is 30.3 Å². The van der Waals surface area contributed by atoms with E-state index < -0.39 is 60.2 Å². The van der Waals surface area contributed by atoms with Gasteiger partial charge in [0.1, 0.15) is 0 Å². The Kier molecular flexibility index (Phi) is 8.17. The highest BCUT2D eigenvalue weighted by Crippen LogP contribution is 2.42. The van der Waals surface area contributed by atoms with Gasteiger partial charge in [0.05, 0.1) is 17.4 Å². The van der Waals surface area contributed by atoms with E-state index in [0.717, 1.165) is 13.8 Å². The predicted molar refractivity (Wildman–Crippen MR) is 139 cm³/mol. The quantitative estimate of drug-likeness (QED) is 0.228. The number of benzene rings is 2. The predicted octanol–water partition coefficient (Wildman–Crippen LogP) is 3.49. The van der Waals surface area contributed by atoms with E-state index in [1.807, 2.05) is 0 Å². The van der Waals surface area contributed by atoms with Crippen molar-refractivity contribution in [3.8, 4) is 0 Å². The molecule has 204 valence electrons. The lowest BCUT2D eigenvalue weighted by molar-refractivity contribution is -0.242. The highest BCUT2D eigenvalue weighted by atomic mass is 35.5. The van der Waals surface area contributed by atoms with Gasteiger partial charge in [-0.15, -0.1) is 0 Å². The second-order valence-corrected chi connectivity index (χ2v) is 9.51. The number of hydrogen-bond donors (Lipinski definition) is 0. The van der Waals surface area contributed by atoms with Crippen molar-refractivity contribution in [2.24, 2.45) is 0 Å². The molecule has 0 unspecified atom stereocenters. The summed E-state index contributed by atoms with van der Waals surface area (Å²) in [5, 5.41) is 0.460. The van der Waals surface area contributed by atoms with Crippen LogP contribution in [0.25, 0.3) is 5.57 Å². The fraction of sp³-hybridized carbons (Fsp3) is 0.321. The molecule has 0 N–H and O–H groups in total. The molecule has 11 heteroatoms. The highest BCUT2D eigenvalue weighted by molar-refractivity contribution is 6.36. The minimum atomic E-state index is -1.37. The van der Waals surface area contributed by atoms with E-state index in [-0.39, 0.29) is 5.57 Å². The third-order valence-electron chi connectivity index (χ3n) is 6.21. The summed E-state index contributed by atoms with van der Waals surface area (Å²) in [6.45, 7) is 5.06. The molecule has 2 aliphatic rings. The number of nitrogens with zero attached hydrogens (tertiary/aromatic N) is 1. The molecule has 0 bridgehead atoms. The number of halogens is 1. The fourth-order valence-corrected chi connectivity index (χ4v) is 4.81. The normalized spacial score (nSPS) is 25.2. The molecule has 0 aliphatic carbocycles. The van der Waals surface area contributed by atoms with Crippen LogP contribution in [0, 0.1) is 0 Å². The summed E-state index contributed by atoms with van der Waals surface area (Å²) in [7, 11) is 0. The molecular formula is C28H26ClNO9. The van der Waals surface area contributed by atoms with Gasteiger partial charge >= 0.3 is 17.9 Å². The minimum absolute atomic E-state index is 0.0922. The molecule has 2 aromatic rings. The van der Waals surface area contributed by atoms with Gasteiger partial charge in [0.25, 0.3) is 5.91 Å². The molecule has 2 aliphatic heterocycles. The maximum atomic E-state index is 13.9. The summed E-state index contributed by atoms with van der Waals surface area (Å²) in [5.74, 6) is -3.14. The summed E-state index contributed by atoms with van der Waals surface area (Å²) in [5.41, 5.74) is 1.26. The van der Waals surface area contributed by atoms with Crippen molar-refractivity contribution in [2.45, 2.75) is 58.3 Å². The molecule has 1 saturated heterocycles. The van der Waals surface area contributed by atoms with Crippen LogP contribution in [0.5, 0.6) is 0 Å². The third-order valence-corrected chi connectivity index (χ3v) is 6.47. The largest absolute Gasteiger partial charge is 0.456 e. The summed E-state index contributed by atoms with van der Waals surface area (Å²) in [4.78, 5) is 64.1. The molecule has 2 aromatic carbocycles. The lowest BCUT2D eigenvalue weighted by Gasteiger charge is -2.46. The zero-order valence-corrected chi connectivity index (χ0v) is 22.3. The van der Waals surface area contributed by atoms with Crippen LogP contribution in [-0.2, 0) is 38.1 Å². The number of ether oxygens (including phenoxy) is 4. The average molecular weight is 556 g/mol. The number of carbonyl (C=O) groups is 5. The number of fused-ring (bicyclic) bond motifs is 1. The number of esters is 3. The number of hydrogen-bond acceptors (Lipinski definition) is 9. The molecule has 2 heterocycles. The number of para-hydroxylation sites is 1. The monoisotopic (exact) mass is 555 g/mol. The molecule has 0 radical (unpaired) electrons. The van der Waals surface area contributed by atoms with Crippen LogP contribution < -0.4 is 4.90 Å². The van der Waals surface area contributed by atoms with Crippen molar-refractivity contribution in [3.63, 3.8) is 0 Å². The maximum Gasteiger partial charge on any atom is 0.303 e. The maximum absolute atomic E-state index is 13.9. The topological polar surface area (TPSA) is 126 Å². The zero-order valence-electron chi connectivity index (χ0n) is 21.6. The molecule has 0 saturated carbocycles. The smallest absolute Gasteiger partial charge is 0.303 e. The van der Waals surface area contributed by atoms with Gasteiger partial charge in [-0.2, -0.15) is 0 Å². The van der Waals surface area contributed by atoms with Crippen molar-refractivity contribution in [1.29, 1.82) is 0 Å². The lowest BCUT2D eigenvalue weighted by Crippen LogP contribution is -2.65. The fourth-order valence-electron chi connectivity index (χ4n) is 4.68. The van der Waals surface area contributed by atoms with Crippen molar-refractivity contribution in [1.82, 2.24) is 0 Å². The van der Waals surface area contributed by atoms with Crippen molar-refractivity contribution >= 4 is 52.5 Å². The molecule has 0 aromatic heterocycles. The van der Waals surface area contributed by atoms with Crippen LogP contribution >= 0.6 is 11.6 Å². The summed E-state index contributed by atoms with van der Waals surface area (Å²) < 4.78 is 22.5. The van der Waals surface area contributed by atoms with E-state index in [1.165, 1.54) is 17.9 Å². The van der Waals surface area contributed by atoms with Gasteiger partial charge in [-0.3, -0.25) is 28.9 Å². The minimum Gasteiger partial charge on any atom is -0.456 e. The van der Waals surface area contributed by atoms with Crippen LogP contribution in [0.4, 0.5) is 5.69 Å². The van der Waals surface area contributed by atoms with Gasteiger partial charge in [0, 0.05) is 36.9 Å². The molecule has 5 atom stereocenters. The molecule has 1 amide bonds. The molecule has 10 nitrogen and oxygen atoms in total. The molecule has 4 rings (SSSR count). The van der Waals surface area contributed by atoms with Gasteiger partial charge < -0.3 is 18.9 Å². The Morgan fingerprint density at radius 2 is 1.41 bits per heavy atom. The second-order valence-electron chi connectivity index (χ2n) is 9.08. The Balaban J connectivity index is 1.78. The Labute approximate surface area is 229 Å². The summed E-state index contributed by atoms with van der Waals surface area (Å²) >= 11 is 5.93. The first-order valence-electron chi connectivity index (χ1n) is 12.1. The average Bonchev–Trinajstić information content (AvgIpc) is 3.13. The van der Waals surface area contributed by atoms with E-state index in [1.54, 1.807) is 55.5 Å². The van der Waals surface area contributed by atoms with E-state index >= 15 is 0 Å². The molecule has 39 heavy (non-hydrogen) atoms. The van der Waals surface area contributed by atoms with E-state index in [2.05, 4.69) is 0 Å². The van der Waals surface area contributed by atoms with E-state index in [0.29, 0.717) is 21.8 Å². The second kappa shape index (κ2) is 11.4. The van der Waals surface area contributed by atoms with Crippen LogP contribution in [0.15, 0.2) is 54.6 Å². The van der Waals surface area contributed by atoms with Crippen molar-refractivity contribution in [2.75, 3.05) is 4.90 Å². The lowest BCUT2D eigenvalue weighted by atomic mass is 9.97. The summed E-state index contributed by atoms with van der Waals surface area (Å²) in [6, 6.07) is 13.0.